The Balaban J connectivity index is 1.50. The van der Waals surface area contributed by atoms with Gasteiger partial charge < -0.3 is 5.32 Å². The lowest BCUT2D eigenvalue weighted by molar-refractivity contribution is -0.122. The van der Waals surface area contributed by atoms with Crippen LogP contribution >= 0.6 is 0 Å². The minimum atomic E-state index is 0.302. The van der Waals surface area contributed by atoms with Crippen molar-refractivity contribution in [2.24, 2.45) is 17.8 Å². The second-order valence-electron chi connectivity index (χ2n) is 7.78. The number of benzene rings is 1. The quantitative estimate of drug-likeness (QED) is 0.909. The monoisotopic (exact) mass is 312 g/mol. The maximum Gasteiger partial charge on any atom is 0.220 e. The van der Waals surface area contributed by atoms with Gasteiger partial charge >= 0.3 is 0 Å². The summed E-state index contributed by atoms with van der Waals surface area (Å²) in [5.41, 5.74) is 1.39. The van der Waals surface area contributed by atoms with Crippen molar-refractivity contribution in [3.05, 3.63) is 35.9 Å². The molecule has 2 heterocycles. The van der Waals surface area contributed by atoms with E-state index in [1.807, 2.05) is 0 Å². The van der Waals surface area contributed by atoms with Crippen molar-refractivity contribution < 1.29 is 4.79 Å². The number of hydrogen-bond acceptors (Lipinski definition) is 2. The molecule has 0 aromatic heterocycles. The van der Waals surface area contributed by atoms with Crippen LogP contribution < -0.4 is 5.32 Å². The number of rotatable bonds is 2. The third kappa shape index (κ3) is 3.30. The largest absolute Gasteiger partial charge is 0.353 e. The Kier molecular flexibility index (Phi) is 4.39. The number of hydrogen-bond donors (Lipinski definition) is 1. The van der Waals surface area contributed by atoms with Gasteiger partial charge in [0.15, 0.2) is 0 Å². The topological polar surface area (TPSA) is 32.3 Å². The molecule has 1 amide bonds. The van der Waals surface area contributed by atoms with Crippen molar-refractivity contribution in [3.8, 4) is 0 Å². The van der Waals surface area contributed by atoms with Crippen LogP contribution in [-0.4, -0.2) is 29.9 Å². The molecule has 2 aliphatic heterocycles. The van der Waals surface area contributed by atoms with Gasteiger partial charge in [-0.25, -0.2) is 0 Å². The third-order valence-corrected chi connectivity index (χ3v) is 6.23. The first kappa shape index (κ1) is 15.2. The van der Waals surface area contributed by atoms with Crippen LogP contribution in [0.2, 0.25) is 0 Å². The maximum absolute atomic E-state index is 12.3. The van der Waals surface area contributed by atoms with Gasteiger partial charge in [0.1, 0.15) is 0 Å². The standard InChI is InChI=1S/C20H28N2O/c23-20-11-16-13-22(12-15-7-3-1-4-8-15)14-18(16)17-9-5-2-6-10-19(17)21-20/h1,3-4,7-8,16-19H,2,5-6,9-14H2,(H,21,23). The molecule has 3 fully saturated rings. The van der Waals surface area contributed by atoms with E-state index in [4.69, 9.17) is 0 Å². The SMILES string of the molecule is O=C1CC2CN(Cc3ccccc3)CC2C2CCCCCC2N1. The van der Waals surface area contributed by atoms with Crippen LogP contribution in [0.5, 0.6) is 0 Å². The van der Waals surface area contributed by atoms with Crippen LogP contribution in [0.3, 0.4) is 0 Å². The van der Waals surface area contributed by atoms with Gasteiger partial charge in [-0.15, -0.1) is 0 Å². The Labute approximate surface area is 139 Å². The van der Waals surface area contributed by atoms with Crippen molar-refractivity contribution >= 4 is 5.91 Å². The minimum Gasteiger partial charge on any atom is -0.353 e. The van der Waals surface area contributed by atoms with E-state index in [0.717, 1.165) is 19.5 Å². The van der Waals surface area contributed by atoms with E-state index in [9.17, 15) is 4.79 Å². The van der Waals surface area contributed by atoms with Gasteiger partial charge in [0.2, 0.25) is 5.91 Å². The lowest BCUT2D eigenvalue weighted by Gasteiger charge is -2.30. The van der Waals surface area contributed by atoms with Crippen molar-refractivity contribution in [1.82, 2.24) is 10.2 Å². The third-order valence-electron chi connectivity index (χ3n) is 6.23. The van der Waals surface area contributed by atoms with E-state index in [1.54, 1.807) is 0 Å². The number of amides is 1. The predicted molar refractivity (Wildman–Crippen MR) is 91.8 cm³/mol. The molecule has 3 nitrogen and oxygen atoms in total. The van der Waals surface area contributed by atoms with Gasteiger partial charge in [-0.05, 0) is 36.2 Å². The van der Waals surface area contributed by atoms with E-state index in [-0.39, 0.29) is 0 Å². The molecule has 1 aliphatic carbocycles. The summed E-state index contributed by atoms with van der Waals surface area (Å²) in [5, 5.41) is 3.36. The molecule has 2 saturated heterocycles. The van der Waals surface area contributed by atoms with E-state index in [2.05, 4.69) is 40.5 Å². The second-order valence-corrected chi connectivity index (χ2v) is 7.78. The summed E-state index contributed by atoms with van der Waals surface area (Å²) in [4.78, 5) is 14.9. The molecule has 1 aromatic rings. The molecule has 1 N–H and O–H groups in total. The van der Waals surface area contributed by atoms with Gasteiger partial charge in [0, 0.05) is 32.1 Å². The molecule has 23 heavy (non-hydrogen) atoms. The van der Waals surface area contributed by atoms with Gasteiger partial charge in [-0.3, -0.25) is 9.69 Å². The van der Waals surface area contributed by atoms with Gasteiger partial charge in [-0.2, -0.15) is 0 Å². The Morgan fingerprint density at radius 1 is 1.00 bits per heavy atom. The molecule has 4 unspecified atom stereocenters. The van der Waals surface area contributed by atoms with E-state index < -0.39 is 0 Å². The molecular formula is C20H28N2O. The molecule has 0 radical (unpaired) electrons. The van der Waals surface area contributed by atoms with Crippen LogP contribution in [0.4, 0.5) is 0 Å². The molecule has 1 saturated carbocycles. The average molecular weight is 312 g/mol. The number of carbonyl (C=O) groups is 1. The summed E-state index contributed by atoms with van der Waals surface area (Å²) in [6.07, 6.45) is 7.21. The number of nitrogens with one attached hydrogen (secondary N) is 1. The molecular weight excluding hydrogens is 284 g/mol. The van der Waals surface area contributed by atoms with E-state index in [1.165, 1.54) is 44.2 Å². The summed E-state index contributed by atoms with van der Waals surface area (Å²) in [5.74, 6) is 2.28. The highest BCUT2D eigenvalue weighted by Crippen LogP contribution is 2.41. The predicted octanol–water partition coefficient (Wildman–Crippen LogP) is 3.20. The number of likely N-dealkylation sites (tertiary alicyclic amines) is 1. The maximum atomic E-state index is 12.3. The molecule has 3 heteroatoms. The number of fused-ring (bicyclic) bond motifs is 3. The molecule has 4 atom stereocenters. The zero-order valence-electron chi connectivity index (χ0n) is 13.9. The molecule has 124 valence electrons. The number of nitrogens with zero attached hydrogens (tertiary/aromatic N) is 1. The lowest BCUT2D eigenvalue weighted by Crippen LogP contribution is -2.40. The summed E-state index contributed by atoms with van der Waals surface area (Å²) < 4.78 is 0. The summed E-state index contributed by atoms with van der Waals surface area (Å²) >= 11 is 0. The van der Waals surface area contributed by atoms with Gasteiger partial charge in [0.25, 0.3) is 0 Å². The number of carbonyl (C=O) groups excluding carboxylic acids is 1. The van der Waals surface area contributed by atoms with Gasteiger partial charge in [0.05, 0.1) is 0 Å². The molecule has 0 spiro atoms. The van der Waals surface area contributed by atoms with Crippen LogP contribution in [-0.2, 0) is 11.3 Å². The zero-order valence-corrected chi connectivity index (χ0v) is 13.9. The fraction of sp³-hybridized carbons (Fsp3) is 0.650. The van der Waals surface area contributed by atoms with Crippen molar-refractivity contribution in [3.63, 3.8) is 0 Å². The minimum absolute atomic E-state index is 0.302. The Hall–Kier alpha value is -1.35. The molecule has 3 aliphatic rings. The zero-order chi connectivity index (χ0) is 15.6. The van der Waals surface area contributed by atoms with Gasteiger partial charge in [-0.1, -0.05) is 49.6 Å². The summed E-state index contributed by atoms with van der Waals surface area (Å²) in [6, 6.07) is 11.2. The second kappa shape index (κ2) is 6.64. The smallest absolute Gasteiger partial charge is 0.220 e. The normalized spacial score (nSPS) is 34.9. The molecule has 4 rings (SSSR count). The van der Waals surface area contributed by atoms with Crippen molar-refractivity contribution in [2.75, 3.05) is 13.1 Å². The fourth-order valence-corrected chi connectivity index (χ4v) is 5.19. The Morgan fingerprint density at radius 3 is 2.70 bits per heavy atom. The first-order chi connectivity index (χ1) is 11.3. The summed E-state index contributed by atoms with van der Waals surface area (Å²) in [6.45, 7) is 3.30. The lowest BCUT2D eigenvalue weighted by atomic mass is 9.77. The highest BCUT2D eigenvalue weighted by atomic mass is 16.1. The Morgan fingerprint density at radius 2 is 1.83 bits per heavy atom. The van der Waals surface area contributed by atoms with Crippen LogP contribution in [0.25, 0.3) is 0 Å². The molecule has 0 bridgehead atoms. The first-order valence-electron chi connectivity index (χ1n) is 9.35. The van der Waals surface area contributed by atoms with Crippen LogP contribution in [0.15, 0.2) is 30.3 Å². The first-order valence-corrected chi connectivity index (χ1v) is 9.35. The Bertz CT molecular complexity index is 544. The molecule has 1 aromatic carbocycles. The van der Waals surface area contributed by atoms with E-state index in [0.29, 0.717) is 29.7 Å². The van der Waals surface area contributed by atoms with Crippen LogP contribution in [0.1, 0.15) is 44.1 Å². The van der Waals surface area contributed by atoms with Crippen molar-refractivity contribution in [2.45, 2.75) is 51.1 Å². The highest BCUT2D eigenvalue weighted by Gasteiger charge is 2.44. The van der Waals surface area contributed by atoms with Crippen molar-refractivity contribution in [1.29, 1.82) is 0 Å². The summed E-state index contributed by atoms with van der Waals surface area (Å²) in [7, 11) is 0. The van der Waals surface area contributed by atoms with E-state index >= 15 is 0 Å². The highest BCUT2D eigenvalue weighted by molar-refractivity contribution is 5.77. The average Bonchev–Trinajstić information content (AvgIpc) is 2.72. The fourth-order valence-electron chi connectivity index (χ4n) is 5.19. The van der Waals surface area contributed by atoms with Crippen LogP contribution in [0, 0.1) is 17.8 Å².